The molecule has 0 aliphatic rings. The fourth-order valence-electron chi connectivity index (χ4n) is 1.10. The van der Waals surface area contributed by atoms with Crippen LogP contribution in [0.3, 0.4) is 0 Å². The number of aliphatic carboxylic acids is 1. The Morgan fingerprint density at radius 2 is 2.07 bits per heavy atom. The third-order valence-corrected chi connectivity index (χ3v) is 1.86. The molecule has 0 aromatic rings. The predicted octanol–water partition coefficient (Wildman–Crippen LogP) is 0.636. The van der Waals surface area contributed by atoms with E-state index in [4.69, 9.17) is 5.11 Å². The summed E-state index contributed by atoms with van der Waals surface area (Å²) >= 11 is 0. The summed E-state index contributed by atoms with van der Waals surface area (Å²) in [6.45, 7) is 2.02. The van der Waals surface area contributed by atoms with Gasteiger partial charge in [-0.2, -0.15) is 0 Å². The van der Waals surface area contributed by atoms with E-state index in [0.29, 0.717) is 6.42 Å². The number of carboxylic acids is 1. The van der Waals surface area contributed by atoms with Gasteiger partial charge in [-0.1, -0.05) is 19.8 Å². The van der Waals surface area contributed by atoms with Gasteiger partial charge >= 0.3 is 5.97 Å². The molecule has 0 fully saturated rings. The number of carbonyl (C=O) groups excluding carboxylic acids is 2. The summed E-state index contributed by atoms with van der Waals surface area (Å²) in [5.41, 5.74) is 0. The molecule has 0 aromatic heterocycles. The second-order valence-corrected chi connectivity index (χ2v) is 3.29. The molecule has 0 rings (SSSR count). The Labute approximate surface area is 88.9 Å². The molecule has 85 valence electrons. The SMILES string of the molecule is CCCCCC(=O)N[C@@H]([C]=O)CC(=O)O. The monoisotopic (exact) mass is 214 g/mol. The Morgan fingerprint density at radius 3 is 2.53 bits per heavy atom. The average molecular weight is 214 g/mol. The maximum Gasteiger partial charge on any atom is 0.305 e. The van der Waals surface area contributed by atoms with Gasteiger partial charge in [-0.25, -0.2) is 0 Å². The summed E-state index contributed by atoms with van der Waals surface area (Å²) in [6, 6.07) is -1.03. The van der Waals surface area contributed by atoms with Crippen molar-refractivity contribution in [1.82, 2.24) is 5.32 Å². The topological polar surface area (TPSA) is 83.5 Å². The maximum atomic E-state index is 11.2. The van der Waals surface area contributed by atoms with Crippen LogP contribution in [0.5, 0.6) is 0 Å². The highest BCUT2D eigenvalue weighted by Gasteiger charge is 2.15. The van der Waals surface area contributed by atoms with E-state index >= 15 is 0 Å². The fraction of sp³-hybridized carbons (Fsp3) is 0.700. The molecule has 0 saturated carbocycles. The van der Waals surface area contributed by atoms with Crippen molar-refractivity contribution in [2.45, 2.75) is 45.1 Å². The molecule has 0 aromatic carbocycles. The molecule has 0 spiro atoms. The summed E-state index contributed by atoms with van der Waals surface area (Å²) in [5, 5.41) is 10.7. The summed E-state index contributed by atoms with van der Waals surface area (Å²) < 4.78 is 0. The highest BCUT2D eigenvalue weighted by molar-refractivity contribution is 5.82. The molecule has 0 aliphatic heterocycles. The molecule has 5 nitrogen and oxygen atoms in total. The molecule has 0 heterocycles. The number of nitrogens with one attached hydrogen (secondary N) is 1. The smallest absolute Gasteiger partial charge is 0.305 e. The van der Waals surface area contributed by atoms with E-state index < -0.39 is 18.4 Å². The van der Waals surface area contributed by atoms with Crippen LogP contribution < -0.4 is 5.32 Å². The third-order valence-electron chi connectivity index (χ3n) is 1.86. The molecule has 15 heavy (non-hydrogen) atoms. The lowest BCUT2D eigenvalue weighted by Gasteiger charge is -2.09. The third kappa shape index (κ3) is 7.66. The molecule has 0 unspecified atom stereocenters. The number of unbranched alkanes of at least 4 members (excludes halogenated alkanes) is 2. The number of amides is 1. The first kappa shape index (κ1) is 13.6. The molecular weight excluding hydrogens is 198 g/mol. The quantitative estimate of drug-likeness (QED) is 0.581. The van der Waals surface area contributed by atoms with Gasteiger partial charge in [0.2, 0.25) is 12.2 Å². The zero-order chi connectivity index (χ0) is 11.7. The van der Waals surface area contributed by atoms with Gasteiger partial charge in [-0.05, 0) is 6.42 Å². The molecule has 0 aliphatic carbocycles. The van der Waals surface area contributed by atoms with Crippen molar-refractivity contribution in [1.29, 1.82) is 0 Å². The van der Waals surface area contributed by atoms with Crippen LogP contribution in [0.1, 0.15) is 39.0 Å². The van der Waals surface area contributed by atoms with E-state index in [9.17, 15) is 14.4 Å². The first-order valence-electron chi connectivity index (χ1n) is 4.99. The van der Waals surface area contributed by atoms with Gasteiger partial charge in [-0.15, -0.1) is 0 Å². The lowest BCUT2D eigenvalue weighted by molar-refractivity contribution is -0.137. The van der Waals surface area contributed by atoms with Crippen molar-refractivity contribution < 1.29 is 19.5 Å². The van der Waals surface area contributed by atoms with Crippen LogP contribution in [0.2, 0.25) is 0 Å². The van der Waals surface area contributed by atoms with E-state index in [-0.39, 0.29) is 5.91 Å². The summed E-state index contributed by atoms with van der Waals surface area (Å²) in [7, 11) is 0. The van der Waals surface area contributed by atoms with Crippen molar-refractivity contribution in [3.8, 4) is 0 Å². The number of hydrogen-bond donors (Lipinski definition) is 2. The summed E-state index contributed by atoms with van der Waals surface area (Å²) in [4.78, 5) is 31.8. The van der Waals surface area contributed by atoms with Crippen LogP contribution in [0.15, 0.2) is 0 Å². The van der Waals surface area contributed by atoms with Crippen molar-refractivity contribution in [2.75, 3.05) is 0 Å². The molecule has 2 N–H and O–H groups in total. The maximum absolute atomic E-state index is 11.2. The molecule has 0 bridgehead atoms. The van der Waals surface area contributed by atoms with Gasteiger partial charge in [0, 0.05) is 6.42 Å². The van der Waals surface area contributed by atoms with Gasteiger partial charge in [0.15, 0.2) is 0 Å². The van der Waals surface area contributed by atoms with E-state index in [2.05, 4.69) is 5.32 Å². The van der Waals surface area contributed by atoms with E-state index in [1.54, 1.807) is 0 Å². The minimum absolute atomic E-state index is 0.293. The van der Waals surface area contributed by atoms with Crippen LogP contribution >= 0.6 is 0 Å². The van der Waals surface area contributed by atoms with Crippen LogP contribution in [0.4, 0.5) is 0 Å². The molecule has 1 amide bonds. The standard InChI is InChI=1S/C10H16NO4/c1-2-3-4-5-9(13)11-8(7-12)6-10(14)15/h8H,2-6H2,1H3,(H,11,13)(H,14,15)/t8-/m1/s1. The molecule has 1 radical (unpaired) electrons. The van der Waals surface area contributed by atoms with Crippen LogP contribution in [-0.4, -0.2) is 29.3 Å². The zero-order valence-electron chi connectivity index (χ0n) is 8.78. The Morgan fingerprint density at radius 1 is 1.40 bits per heavy atom. The molecule has 1 atom stereocenters. The Bertz CT molecular complexity index is 227. The van der Waals surface area contributed by atoms with Crippen molar-refractivity contribution in [3.05, 3.63) is 0 Å². The lowest BCUT2D eigenvalue weighted by atomic mass is 10.2. The Hall–Kier alpha value is -1.39. The van der Waals surface area contributed by atoms with Crippen LogP contribution in [0, 0.1) is 0 Å². The highest BCUT2D eigenvalue weighted by atomic mass is 16.4. The van der Waals surface area contributed by atoms with Crippen molar-refractivity contribution >= 4 is 18.2 Å². The molecule has 5 heteroatoms. The highest BCUT2D eigenvalue weighted by Crippen LogP contribution is 1.99. The van der Waals surface area contributed by atoms with Gasteiger partial charge < -0.3 is 10.4 Å². The van der Waals surface area contributed by atoms with Gasteiger partial charge in [0.05, 0.1) is 6.42 Å². The van der Waals surface area contributed by atoms with E-state index in [0.717, 1.165) is 19.3 Å². The minimum Gasteiger partial charge on any atom is -0.481 e. The Kier molecular flexibility index (Phi) is 7.23. The number of hydrogen-bond acceptors (Lipinski definition) is 3. The predicted molar refractivity (Wildman–Crippen MR) is 54.0 cm³/mol. The Balaban J connectivity index is 3.80. The largest absolute Gasteiger partial charge is 0.481 e. The van der Waals surface area contributed by atoms with E-state index in [1.165, 1.54) is 6.29 Å². The lowest BCUT2D eigenvalue weighted by Crippen LogP contribution is -2.37. The molecule has 0 saturated heterocycles. The fourth-order valence-corrected chi connectivity index (χ4v) is 1.10. The van der Waals surface area contributed by atoms with Gasteiger partial charge in [0.25, 0.3) is 0 Å². The van der Waals surface area contributed by atoms with Crippen molar-refractivity contribution in [3.63, 3.8) is 0 Å². The normalized spacial score (nSPS) is 11.8. The van der Waals surface area contributed by atoms with Gasteiger partial charge in [-0.3, -0.25) is 14.4 Å². The van der Waals surface area contributed by atoms with E-state index in [1.807, 2.05) is 6.92 Å². The summed E-state index contributed by atoms with van der Waals surface area (Å²) in [6.07, 6.45) is 4.11. The van der Waals surface area contributed by atoms with Crippen LogP contribution in [-0.2, 0) is 14.4 Å². The number of rotatable bonds is 8. The second kappa shape index (κ2) is 7.96. The first-order chi connectivity index (χ1) is 7.10. The minimum atomic E-state index is -1.13. The summed E-state index contributed by atoms with van der Waals surface area (Å²) in [5.74, 6) is -1.42. The number of carbonyl (C=O) groups is 2. The zero-order valence-corrected chi connectivity index (χ0v) is 8.78. The van der Waals surface area contributed by atoms with Gasteiger partial charge in [0.1, 0.15) is 6.04 Å². The average Bonchev–Trinajstić information content (AvgIpc) is 2.16. The first-order valence-corrected chi connectivity index (χ1v) is 4.99. The molecular formula is C10H16NO4. The van der Waals surface area contributed by atoms with Crippen molar-refractivity contribution in [2.24, 2.45) is 0 Å². The van der Waals surface area contributed by atoms with Crippen LogP contribution in [0.25, 0.3) is 0 Å². The number of carboxylic acid groups (broad SMARTS) is 1. The second-order valence-electron chi connectivity index (χ2n) is 3.29.